The summed E-state index contributed by atoms with van der Waals surface area (Å²) in [5, 5.41) is 9.84. The molecule has 0 radical (unpaired) electrons. The van der Waals surface area contributed by atoms with Gasteiger partial charge in [-0.15, -0.1) is 0 Å². The van der Waals surface area contributed by atoms with E-state index < -0.39 is 12.0 Å². The number of hydrogen-bond donors (Lipinski definition) is 2. The van der Waals surface area contributed by atoms with Crippen LogP contribution < -0.4 is 5.73 Å². The van der Waals surface area contributed by atoms with Crippen LogP contribution in [0.5, 0.6) is 0 Å². The van der Waals surface area contributed by atoms with E-state index in [1.54, 1.807) is 0 Å². The zero-order valence-electron chi connectivity index (χ0n) is 9.76. The minimum Gasteiger partial charge on any atom is -0.481 e. The molecule has 4 heteroatoms. The molecular formula is C13H16N2O2. The van der Waals surface area contributed by atoms with Gasteiger partial charge >= 0.3 is 5.97 Å². The van der Waals surface area contributed by atoms with Gasteiger partial charge in [0.05, 0.1) is 6.42 Å². The Morgan fingerprint density at radius 3 is 2.82 bits per heavy atom. The number of aliphatic carboxylic acids is 1. The highest BCUT2D eigenvalue weighted by molar-refractivity contribution is 5.85. The average Bonchev–Trinajstić information content (AvgIpc) is 2.67. The number of rotatable bonds is 4. The van der Waals surface area contributed by atoms with Crippen LogP contribution in [0.4, 0.5) is 0 Å². The summed E-state index contributed by atoms with van der Waals surface area (Å²) in [6.45, 7) is 2.90. The van der Waals surface area contributed by atoms with Crippen LogP contribution in [0.1, 0.15) is 24.9 Å². The molecular weight excluding hydrogens is 216 g/mol. The van der Waals surface area contributed by atoms with Gasteiger partial charge in [0.2, 0.25) is 0 Å². The SMILES string of the molecule is CCn1cc(C(N)CC(=O)O)c2ccccc21. The Bertz CT molecular complexity index is 545. The Morgan fingerprint density at radius 1 is 1.47 bits per heavy atom. The van der Waals surface area contributed by atoms with Gasteiger partial charge in [0, 0.05) is 29.7 Å². The number of aromatic nitrogens is 1. The fraction of sp³-hybridized carbons (Fsp3) is 0.308. The maximum absolute atomic E-state index is 10.7. The van der Waals surface area contributed by atoms with E-state index in [-0.39, 0.29) is 6.42 Å². The van der Waals surface area contributed by atoms with E-state index in [9.17, 15) is 4.79 Å². The highest BCUT2D eigenvalue weighted by Gasteiger charge is 2.16. The van der Waals surface area contributed by atoms with E-state index in [1.807, 2.05) is 30.5 Å². The van der Waals surface area contributed by atoms with Gasteiger partial charge in [-0.2, -0.15) is 0 Å². The lowest BCUT2D eigenvalue weighted by atomic mass is 10.0. The minimum atomic E-state index is -0.870. The van der Waals surface area contributed by atoms with Gasteiger partial charge in [-0.05, 0) is 18.6 Å². The van der Waals surface area contributed by atoms with E-state index in [0.717, 1.165) is 23.0 Å². The van der Waals surface area contributed by atoms with Crippen molar-refractivity contribution in [1.29, 1.82) is 0 Å². The van der Waals surface area contributed by atoms with Crippen LogP contribution in [0, 0.1) is 0 Å². The summed E-state index contributed by atoms with van der Waals surface area (Å²) in [6, 6.07) is 7.47. The van der Waals surface area contributed by atoms with Crippen molar-refractivity contribution < 1.29 is 9.90 Å². The smallest absolute Gasteiger partial charge is 0.305 e. The number of hydrogen-bond acceptors (Lipinski definition) is 2. The van der Waals surface area contributed by atoms with Crippen molar-refractivity contribution in [2.75, 3.05) is 0 Å². The standard InChI is InChI=1S/C13H16N2O2/c1-2-15-8-10(11(14)7-13(16)17)9-5-3-4-6-12(9)15/h3-6,8,11H,2,7,14H2,1H3,(H,16,17). The second kappa shape index (κ2) is 4.59. The summed E-state index contributed by atoms with van der Waals surface area (Å²) in [4.78, 5) is 10.7. The summed E-state index contributed by atoms with van der Waals surface area (Å²) in [5.41, 5.74) is 7.95. The second-order valence-corrected chi connectivity index (χ2v) is 4.09. The number of carboxylic acid groups (broad SMARTS) is 1. The largest absolute Gasteiger partial charge is 0.481 e. The van der Waals surface area contributed by atoms with E-state index in [0.29, 0.717) is 0 Å². The fourth-order valence-corrected chi connectivity index (χ4v) is 2.13. The van der Waals surface area contributed by atoms with Gasteiger partial charge in [0.1, 0.15) is 0 Å². The maximum Gasteiger partial charge on any atom is 0.305 e. The summed E-state index contributed by atoms with van der Waals surface area (Å²) in [6.07, 6.45) is 1.91. The van der Waals surface area contributed by atoms with Gasteiger partial charge < -0.3 is 15.4 Å². The van der Waals surface area contributed by atoms with Gasteiger partial charge in [-0.1, -0.05) is 18.2 Å². The van der Waals surface area contributed by atoms with Crippen molar-refractivity contribution in [3.8, 4) is 0 Å². The molecule has 0 aliphatic heterocycles. The Hall–Kier alpha value is -1.81. The first kappa shape index (κ1) is 11.7. The highest BCUT2D eigenvalue weighted by atomic mass is 16.4. The topological polar surface area (TPSA) is 68.2 Å². The number of carbonyl (C=O) groups is 1. The second-order valence-electron chi connectivity index (χ2n) is 4.09. The third-order valence-electron chi connectivity index (χ3n) is 2.95. The number of nitrogens with two attached hydrogens (primary N) is 1. The Kier molecular flexibility index (Phi) is 3.15. The number of carboxylic acids is 1. The molecule has 0 fully saturated rings. The number of benzene rings is 1. The number of fused-ring (bicyclic) bond motifs is 1. The van der Waals surface area contributed by atoms with Gasteiger partial charge in [-0.25, -0.2) is 0 Å². The predicted octanol–water partition coefficient (Wildman–Crippen LogP) is 2.14. The van der Waals surface area contributed by atoms with Crippen LogP contribution in [0.15, 0.2) is 30.5 Å². The third kappa shape index (κ3) is 2.17. The van der Waals surface area contributed by atoms with E-state index >= 15 is 0 Å². The van der Waals surface area contributed by atoms with Crippen LogP contribution in [-0.2, 0) is 11.3 Å². The molecule has 0 amide bonds. The lowest BCUT2D eigenvalue weighted by Crippen LogP contribution is -2.14. The van der Waals surface area contributed by atoms with E-state index in [4.69, 9.17) is 10.8 Å². The summed E-state index contributed by atoms with van der Waals surface area (Å²) in [5.74, 6) is -0.870. The molecule has 0 saturated carbocycles. The van der Waals surface area contributed by atoms with Gasteiger partial charge in [0.25, 0.3) is 0 Å². The zero-order chi connectivity index (χ0) is 12.4. The zero-order valence-corrected chi connectivity index (χ0v) is 9.76. The molecule has 0 aliphatic rings. The summed E-state index contributed by atoms with van der Waals surface area (Å²) in [7, 11) is 0. The van der Waals surface area contributed by atoms with Crippen molar-refractivity contribution in [2.24, 2.45) is 5.73 Å². The van der Waals surface area contributed by atoms with Crippen molar-refractivity contribution in [1.82, 2.24) is 4.57 Å². The van der Waals surface area contributed by atoms with Crippen LogP contribution >= 0.6 is 0 Å². The molecule has 17 heavy (non-hydrogen) atoms. The Balaban J connectivity index is 2.50. The van der Waals surface area contributed by atoms with Crippen LogP contribution in [-0.4, -0.2) is 15.6 Å². The Morgan fingerprint density at radius 2 is 2.18 bits per heavy atom. The van der Waals surface area contributed by atoms with E-state index in [1.165, 1.54) is 0 Å². The molecule has 2 aromatic rings. The summed E-state index contributed by atoms with van der Waals surface area (Å²) >= 11 is 0. The minimum absolute atomic E-state index is 0.0439. The molecule has 0 saturated heterocycles. The third-order valence-corrected chi connectivity index (χ3v) is 2.95. The number of nitrogens with zero attached hydrogens (tertiary/aromatic N) is 1. The molecule has 0 aliphatic carbocycles. The molecule has 90 valence electrons. The summed E-state index contributed by atoms with van der Waals surface area (Å²) < 4.78 is 2.09. The predicted molar refractivity (Wildman–Crippen MR) is 66.8 cm³/mol. The molecule has 4 nitrogen and oxygen atoms in total. The highest BCUT2D eigenvalue weighted by Crippen LogP contribution is 2.26. The molecule has 1 unspecified atom stereocenters. The quantitative estimate of drug-likeness (QED) is 0.848. The first-order valence-electron chi connectivity index (χ1n) is 5.68. The number of aryl methyl sites for hydroxylation is 1. The first-order chi connectivity index (χ1) is 8.13. The van der Waals surface area contributed by atoms with Crippen molar-refractivity contribution in [2.45, 2.75) is 25.9 Å². The molecule has 1 heterocycles. The normalized spacial score (nSPS) is 12.8. The van der Waals surface area contributed by atoms with Crippen LogP contribution in [0.2, 0.25) is 0 Å². The van der Waals surface area contributed by atoms with Crippen molar-refractivity contribution in [3.05, 3.63) is 36.0 Å². The fourth-order valence-electron chi connectivity index (χ4n) is 2.13. The maximum atomic E-state index is 10.7. The molecule has 0 spiro atoms. The van der Waals surface area contributed by atoms with Crippen molar-refractivity contribution >= 4 is 16.9 Å². The van der Waals surface area contributed by atoms with Crippen molar-refractivity contribution in [3.63, 3.8) is 0 Å². The lowest BCUT2D eigenvalue weighted by Gasteiger charge is -2.06. The number of para-hydroxylation sites is 1. The molecule has 2 rings (SSSR count). The van der Waals surface area contributed by atoms with E-state index in [2.05, 4.69) is 11.5 Å². The Labute approximate surface area is 99.7 Å². The monoisotopic (exact) mass is 232 g/mol. The molecule has 3 N–H and O–H groups in total. The first-order valence-corrected chi connectivity index (χ1v) is 5.68. The van der Waals surface area contributed by atoms with Crippen LogP contribution in [0.25, 0.3) is 10.9 Å². The van der Waals surface area contributed by atoms with Gasteiger partial charge in [-0.3, -0.25) is 4.79 Å². The van der Waals surface area contributed by atoms with Crippen LogP contribution in [0.3, 0.4) is 0 Å². The molecule has 1 aromatic heterocycles. The molecule has 0 bridgehead atoms. The lowest BCUT2D eigenvalue weighted by molar-refractivity contribution is -0.137. The average molecular weight is 232 g/mol. The van der Waals surface area contributed by atoms with Gasteiger partial charge in [0.15, 0.2) is 0 Å². The molecule has 1 aromatic carbocycles. The molecule has 1 atom stereocenters.